The molecule has 0 aliphatic heterocycles. The van der Waals surface area contributed by atoms with E-state index in [-0.39, 0.29) is 0 Å². The topological polar surface area (TPSA) is 40.7 Å². The number of nitrogens with zero attached hydrogens (tertiary/aromatic N) is 1. The predicted molar refractivity (Wildman–Crippen MR) is 55.3 cm³/mol. The molecule has 1 aromatic heterocycles. The molecule has 0 unspecified atom stereocenters. The van der Waals surface area contributed by atoms with Crippen LogP contribution in [0, 0.1) is 3.95 Å². The minimum absolute atomic E-state index is 0.730. The third-order valence-corrected chi connectivity index (χ3v) is 2.54. The average molecular weight is 203 g/mol. The second kappa shape index (κ2) is 5.27. The number of aromatic nitrogens is 2. The van der Waals surface area contributed by atoms with E-state index >= 15 is 0 Å². The van der Waals surface area contributed by atoms with Gasteiger partial charge < -0.3 is 5.32 Å². The molecule has 0 bridgehead atoms. The van der Waals surface area contributed by atoms with E-state index in [1.807, 2.05) is 0 Å². The fraction of sp³-hybridized carbons (Fsp3) is 0.714. The normalized spacial score (nSPS) is 10.1. The largest absolute Gasteiger partial charge is 0.360 e. The Morgan fingerprint density at radius 3 is 3.00 bits per heavy atom. The van der Waals surface area contributed by atoms with Crippen LogP contribution in [0.15, 0.2) is 0 Å². The van der Waals surface area contributed by atoms with Gasteiger partial charge in [0.2, 0.25) is 5.13 Å². The van der Waals surface area contributed by atoms with E-state index in [4.69, 9.17) is 12.2 Å². The summed E-state index contributed by atoms with van der Waals surface area (Å²) in [6.07, 6.45) is 3.71. The molecular weight excluding hydrogens is 190 g/mol. The van der Waals surface area contributed by atoms with E-state index in [0.29, 0.717) is 0 Å². The Balaban J connectivity index is 2.20. The second-order valence-electron chi connectivity index (χ2n) is 2.55. The number of unbranched alkanes of at least 4 members (excludes halogenated alkanes) is 2. The third kappa shape index (κ3) is 3.32. The van der Waals surface area contributed by atoms with Crippen molar-refractivity contribution in [3.63, 3.8) is 0 Å². The van der Waals surface area contributed by atoms with Crippen molar-refractivity contribution in [3.8, 4) is 0 Å². The van der Waals surface area contributed by atoms with Crippen LogP contribution in [0.4, 0.5) is 5.13 Å². The summed E-state index contributed by atoms with van der Waals surface area (Å²) in [4.78, 5) is 0. The summed E-state index contributed by atoms with van der Waals surface area (Å²) in [6, 6.07) is 0. The van der Waals surface area contributed by atoms with Gasteiger partial charge >= 0.3 is 0 Å². The van der Waals surface area contributed by atoms with Crippen LogP contribution >= 0.6 is 23.6 Å². The van der Waals surface area contributed by atoms with Crippen molar-refractivity contribution in [2.45, 2.75) is 26.2 Å². The van der Waals surface area contributed by atoms with Gasteiger partial charge in [0.15, 0.2) is 3.95 Å². The highest BCUT2D eigenvalue weighted by molar-refractivity contribution is 7.73. The molecule has 0 atom stereocenters. The molecule has 2 N–H and O–H groups in total. The van der Waals surface area contributed by atoms with Gasteiger partial charge in [0, 0.05) is 6.54 Å². The molecule has 1 aromatic rings. The number of hydrogen-bond donors (Lipinski definition) is 2. The highest BCUT2D eigenvalue weighted by Gasteiger charge is 1.94. The van der Waals surface area contributed by atoms with Crippen molar-refractivity contribution in [2.75, 3.05) is 11.9 Å². The maximum Gasteiger partial charge on any atom is 0.204 e. The average Bonchev–Trinajstić information content (AvgIpc) is 2.45. The molecule has 1 heterocycles. The number of nitrogens with one attached hydrogen (secondary N) is 2. The van der Waals surface area contributed by atoms with Gasteiger partial charge in [0.1, 0.15) is 0 Å². The van der Waals surface area contributed by atoms with Gasteiger partial charge in [-0.15, -0.1) is 5.10 Å². The van der Waals surface area contributed by atoms with E-state index in [9.17, 15) is 0 Å². The van der Waals surface area contributed by atoms with Gasteiger partial charge in [-0.05, 0) is 18.6 Å². The van der Waals surface area contributed by atoms with Crippen molar-refractivity contribution in [2.24, 2.45) is 0 Å². The Morgan fingerprint density at radius 2 is 2.42 bits per heavy atom. The molecule has 0 saturated carbocycles. The highest BCUT2D eigenvalue weighted by Crippen LogP contribution is 2.10. The zero-order chi connectivity index (χ0) is 8.81. The maximum atomic E-state index is 4.90. The molecule has 1 rings (SSSR count). The Hall–Kier alpha value is -0.420. The van der Waals surface area contributed by atoms with E-state index < -0.39 is 0 Å². The van der Waals surface area contributed by atoms with Crippen molar-refractivity contribution < 1.29 is 0 Å². The fourth-order valence-electron chi connectivity index (χ4n) is 0.876. The van der Waals surface area contributed by atoms with Gasteiger partial charge in [-0.2, -0.15) is 0 Å². The standard InChI is InChI=1S/C7H13N3S2/c1-2-3-4-5-8-6-9-10-7(11)12-6/h2-5H2,1H3,(H,8,9)(H,10,11). The first kappa shape index (κ1) is 9.67. The zero-order valence-corrected chi connectivity index (χ0v) is 8.73. The summed E-state index contributed by atoms with van der Waals surface area (Å²) in [7, 11) is 0. The maximum absolute atomic E-state index is 4.90. The van der Waals surface area contributed by atoms with Crippen LogP contribution in [0.5, 0.6) is 0 Å². The van der Waals surface area contributed by atoms with Crippen molar-refractivity contribution in [3.05, 3.63) is 3.95 Å². The summed E-state index contributed by atoms with van der Waals surface area (Å²) in [5, 5.41) is 10.8. The lowest BCUT2D eigenvalue weighted by Gasteiger charge is -1.98. The number of hydrogen-bond acceptors (Lipinski definition) is 4. The zero-order valence-electron chi connectivity index (χ0n) is 7.09. The first-order chi connectivity index (χ1) is 5.83. The van der Waals surface area contributed by atoms with Crippen molar-refractivity contribution in [1.29, 1.82) is 0 Å². The molecule has 0 aliphatic rings. The second-order valence-corrected chi connectivity index (χ2v) is 4.22. The Labute approximate surface area is 81.2 Å². The molecule has 0 radical (unpaired) electrons. The molecule has 0 amide bonds. The Morgan fingerprint density at radius 1 is 1.58 bits per heavy atom. The minimum atomic E-state index is 0.730. The van der Waals surface area contributed by atoms with Crippen LogP contribution in [0.2, 0.25) is 0 Å². The number of anilines is 1. The first-order valence-electron chi connectivity index (χ1n) is 4.12. The lowest BCUT2D eigenvalue weighted by atomic mass is 10.2. The Kier molecular flexibility index (Phi) is 4.24. The quantitative estimate of drug-likeness (QED) is 0.571. The van der Waals surface area contributed by atoms with Gasteiger partial charge in [-0.1, -0.05) is 31.1 Å². The van der Waals surface area contributed by atoms with Gasteiger partial charge in [0.05, 0.1) is 0 Å². The van der Waals surface area contributed by atoms with Crippen LogP contribution in [-0.2, 0) is 0 Å². The smallest absolute Gasteiger partial charge is 0.204 e. The molecule has 0 spiro atoms. The highest BCUT2D eigenvalue weighted by atomic mass is 32.1. The van der Waals surface area contributed by atoms with Crippen molar-refractivity contribution in [1.82, 2.24) is 10.2 Å². The number of aromatic amines is 1. The Bertz CT molecular complexity index is 266. The van der Waals surface area contributed by atoms with E-state index in [1.165, 1.54) is 30.6 Å². The predicted octanol–water partition coefficient (Wildman–Crippen LogP) is 2.80. The lowest BCUT2D eigenvalue weighted by Crippen LogP contribution is -2.00. The molecule has 0 aromatic carbocycles. The minimum Gasteiger partial charge on any atom is -0.360 e. The molecule has 0 aliphatic carbocycles. The van der Waals surface area contributed by atoms with Gasteiger partial charge in [0.25, 0.3) is 0 Å². The van der Waals surface area contributed by atoms with E-state index in [1.54, 1.807) is 0 Å². The molecular formula is C7H13N3S2. The number of rotatable bonds is 5. The summed E-state index contributed by atoms with van der Waals surface area (Å²) < 4.78 is 0.730. The molecule has 3 nitrogen and oxygen atoms in total. The van der Waals surface area contributed by atoms with Crippen LogP contribution in [0.1, 0.15) is 26.2 Å². The summed E-state index contributed by atoms with van der Waals surface area (Å²) in [6.45, 7) is 3.18. The summed E-state index contributed by atoms with van der Waals surface area (Å²) >= 11 is 6.38. The van der Waals surface area contributed by atoms with Gasteiger partial charge in [-0.25, -0.2) is 0 Å². The van der Waals surface area contributed by atoms with E-state index in [2.05, 4.69) is 22.4 Å². The SMILES string of the molecule is CCCCCNc1n[nH]c(=S)s1. The molecule has 68 valence electrons. The van der Waals surface area contributed by atoms with Crippen LogP contribution in [0.25, 0.3) is 0 Å². The monoisotopic (exact) mass is 203 g/mol. The van der Waals surface area contributed by atoms with Gasteiger partial charge in [-0.3, -0.25) is 5.10 Å². The summed E-state index contributed by atoms with van der Waals surface area (Å²) in [5.74, 6) is 0. The first-order valence-corrected chi connectivity index (χ1v) is 5.34. The molecule has 0 saturated heterocycles. The number of H-pyrrole nitrogens is 1. The lowest BCUT2D eigenvalue weighted by molar-refractivity contribution is 0.742. The molecule has 0 fully saturated rings. The summed E-state index contributed by atoms with van der Waals surface area (Å²) in [5.41, 5.74) is 0. The third-order valence-electron chi connectivity index (χ3n) is 1.49. The van der Waals surface area contributed by atoms with Crippen molar-refractivity contribution >= 4 is 28.7 Å². The van der Waals surface area contributed by atoms with Crippen LogP contribution in [0.3, 0.4) is 0 Å². The van der Waals surface area contributed by atoms with Crippen LogP contribution < -0.4 is 5.32 Å². The molecule has 5 heteroatoms. The fourth-order valence-corrected chi connectivity index (χ4v) is 1.69. The van der Waals surface area contributed by atoms with E-state index in [0.717, 1.165) is 15.6 Å². The molecule has 12 heavy (non-hydrogen) atoms. The van der Waals surface area contributed by atoms with Crippen LogP contribution in [-0.4, -0.2) is 16.7 Å².